The van der Waals surface area contributed by atoms with Crippen molar-refractivity contribution in [2.45, 2.75) is 86.1 Å². The molecule has 2 aromatic rings. The number of nitrogens with zero attached hydrogens (tertiary/aromatic N) is 2. The summed E-state index contributed by atoms with van der Waals surface area (Å²) in [4.78, 5) is 24.8. The highest BCUT2D eigenvalue weighted by Crippen LogP contribution is 2.22. The Morgan fingerprint density at radius 1 is 1.11 bits per heavy atom. The lowest BCUT2D eigenvalue weighted by molar-refractivity contribution is -0.119. The van der Waals surface area contributed by atoms with Crippen LogP contribution >= 0.6 is 11.6 Å². The molecule has 0 saturated heterocycles. The minimum absolute atomic E-state index is 0.0793. The van der Waals surface area contributed by atoms with Crippen LogP contribution in [-0.4, -0.2) is 35.2 Å². The third kappa shape index (κ3) is 27.2. The first-order chi connectivity index (χ1) is 21.0. The molecule has 0 aliphatic heterocycles. The average molecular weight is 660 g/mol. The molecule has 1 aromatic heterocycles. The van der Waals surface area contributed by atoms with Crippen molar-refractivity contribution in [3.8, 4) is 12.3 Å². The first-order valence-electron chi connectivity index (χ1n) is 14.0. The van der Waals surface area contributed by atoms with Crippen molar-refractivity contribution in [2.24, 2.45) is 17.4 Å². The molecule has 0 aliphatic rings. The molecule has 252 valence electrons. The van der Waals surface area contributed by atoms with E-state index in [4.69, 9.17) is 28.3 Å². The van der Waals surface area contributed by atoms with Gasteiger partial charge in [0.25, 0.3) is 6.36 Å². The molecule has 0 aliphatic carbocycles. The number of nitrogens with one attached hydrogen (secondary N) is 1. The number of hydrogen-bond donors (Lipinski definition) is 3. The molecule has 0 bridgehead atoms. The van der Waals surface area contributed by atoms with Crippen LogP contribution in [-0.2, 0) is 11.2 Å². The van der Waals surface area contributed by atoms with Crippen LogP contribution in [0, 0.1) is 23.6 Å². The number of carbonyl (C=O) groups is 2. The van der Waals surface area contributed by atoms with Gasteiger partial charge < -0.3 is 21.5 Å². The fraction of sp³-hybridized carbons (Fsp3) is 0.438. The number of carbonyl (C=O) groups excluding carboxylic acids is 2. The van der Waals surface area contributed by atoms with E-state index in [2.05, 4.69) is 66.7 Å². The molecule has 0 spiro atoms. The zero-order chi connectivity index (χ0) is 35.6. The summed E-state index contributed by atoms with van der Waals surface area (Å²) in [5.74, 6) is -0.806. The summed E-state index contributed by atoms with van der Waals surface area (Å²) in [7, 11) is 0. The molecule has 0 fully saturated rings. The number of primary amides is 2. The third-order valence-corrected chi connectivity index (χ3v) is 4.83. The maximum absolute atomic E-state index is 13.4. The van der Waals surface area contributed by atoms with Crippen LogP contribution in [0.3, 0.4) is 0 Å². The molecule has 2 rings (SSSR count). The van der Waals surface area contributed by atoms with Gasteiger partial charge in [0, 0.05) is 42.9 Å². The number of pyridine rings is 1. The number of urea groups is 1. The van der Waals surface area contributed by atoms with E-state index in [1.807, 2.05) is 13.8 Å². The van der Waals surface area contributed by atoms with Crippen LogP contribution in [0.1, 0.15) is 72.6 Å². The summed E-state index contributed by atoms with van der Waals surface area (Å²) < 4.78 is 54.8. The number of nitriles is 1. The highest BCUT2D eigenvalue weighted by molar-refractivity contribution is 6.30. The van der Waals surface area contributed by atoms with Crippen molar-refractivity contribution in [1.82, 2.24) is 10.3 Å². The Hall–Kier alpha value is -4.11. The lowest BCUT2D eigenvalue weighted by Crippen LogP contribution is -2.48. The predicted octanol–water partition coefficient (Wildman–Crippen LogP) is 8.04. The number of ether oxygens (including phenoxy) is 1. The third-order valence-electron chi connectivity index (χ3n) is 4.61. The number of alkyl halides is 3. The fourth-order valence-corrected chi connectivity index (χ4v) is 3.12. The quantitative estimate of drug-likeness (QED) is 0.165. The summed E-state index contributed by atoms with van der Waals surface area (Å²) in [5.41, 5.74) is 10.1. The highest BCUT2D eigenvalue weighted by Gasteiger charge is 2.22. The summed E-state index contributed by atoms with van der Waals surface area (Å²) in [6, 6.07) is 5.93. The van der Waals surface area contributed by atoms with E-state index >= 15 is 0 Å². The van der Waals surface area contributed by atoms with Crippen LogP contribution in [0.4, 0.5) is 22.4 Å². The first kappa shape index (κ1) is 45.3. The number of hydrogen-bond acceptors (Lipinski definition) is 5. The summed E-state index contributed by atoms with van der Waals surface area (Å²) in [5, 5.41) is 9.35. The molecule has 5 N–H and O–H groups in total. The van der Waals surface area contributed by atoms with E-state index in [0.29, 0.717) is 22.2 Å². The number of rotatable bonds is 11. The van der Waals surface area contributed by atoms with Crippen LogP contribution in [0.2, 0.25) is 5.02 Å². The summed E-state index contributed by atoms with van der Waals surface area (Å²) in [6.45, 7) is 17.3. The van der Waals surface area contributed by atoms with Crippen LogP contribution < -0.4 is 21.5 Å². The maximum atomic E-state index is 13.4. The molecule has 13 heteroatoms. The molecule has 1 aromatic carbocycles. The molecular formula is C32H46ClF4N5O3. The molecule has 45 heavy (non-hydrogen) atoms. The van der Waals surface area contributed by atoms with Gasteiger partial charge >= 0.3 is 12.5 Å². The molecule has 0 saturated carbocycles. The molecule has 1 unspecified atom stereocenters. The van der Waals surface area contributed by atoms with Crippen molar-refractivity contribution >= 4 is 23.5 Å². The standard InChI is InChI=1S/C14H10ClF4NO.C9H16.C6H13N3O2.C2H6.CHN/c15-9-1-2-11(20-7-9)4-8-3-10(16)6-12(5-8)21-14(19)13(17)18;1-4-5-6-7-8-9(2)3;1-6(2,3-4(7)10)9-5(8)11;2*1-2/h1-3,5-7,13-14H,4H2;5-9H,4H2,1-3H3;3H2,1-2H3,(H2,7,10)(H3,8,9,11);1-2H3;1H/b;6-5-,8-7-;;;. The normalized spacial score (nSPS) is 11.1. The molecule has 0 radical (unpaired) electrons. The zero-order valence-corrected chi connectivity index (χ0v) is 27.6. The van der Waals surface area contributed by atoms with E-state index in [9.17, 15) is 27.2 Å². The Labute approximate surface area is 269 Å². The van der Waals surface area contributed by atoms with Gasteiger partial charge in [0.1, 0.15) is 11.6 Å². The van der Waals surface area contributed by atoms with Gasteiger partial charge in [0.2, 0.25) is 5.91 Å². The maximum Gasteiger partial charge on any atom is 0.312 e. The number of allylic oxidation sites excluding steroid dienone is 4. The topological polar surface area (TPSA) is 144 Å². The predicted molar refractivity (Wildman–Crippen MR) is 172 cm³/mol. The second-order valence-electron chi connectivity index (χ2n) is 9.72. The first-order valence-corrected chi connectivity index (χ1v) is 14.4. The van der Waals surface area contributed by atoms with E-state index in [0.717, 1.165) is 12.5 Å². The van der Waals surface area contributed by atoms with E-state index in [1.165, 1.54) is 18.3 Å². The Morgan fingerprint density at radius 3 is 2.16 bits per heavy atom. The molecule has 8 nitrogen and oxygen atoms in total. The molecule has 3 amide bonds. The van der Waals surface area contributed by atoms with Crippen molar-refractivity contribution in [1.29, 1.82) is 5.26 Å². The number of halogens is 5. The summed E-state index contributed by atoms with van der Waals surface area (Å²) >= 11 is 5.70. The van der Waals surface area contributed by atoms with Gasteiger partial charge in [-0.2, -0.15) is 4.39 Å². The highest BCUT2D eigenvalue weighted by atomic mass is 35.5. The second kappa shape index (κ2) is 26.3. The number of nitrogens with two attached hydrogens (primary N) is 2. The minimum Gasteiger partial charge on any atom is -0.454 e. The SMILES string of the molecule is C#N.CC.CC(C)(CC(N)=O)NC(N)=O.CC/C=C\C=C/C(C)C.Fc1cc(Cc2ccc(Cl)cn2)cc(OC(F)C(F)F)c1. The van der Waals surface area contributed by atoms with Crippen molar-refractivity contribution in [3.63, 3.8) is 0 Å². The Kier molecular flexibility index (Phi) is 26.5. The Bertz CT molecular complexity index is 1160. The van der Waals surface area contributed by atoms with Gasteiger partial charge in [-0.1, -0.05) is 70.5 Å². The van der Waals surface area contributed by atoms with Crippen molar-refractivity contribution in [2.75, 3.05) is 0 Å². The van der Waals surface area contributed by atoms with Gasteiger partial charge in [0.15, 0.2) is 0 Å². The summed E-state index contributed by atoms with van der Waals surface area (Å²) in [6.07, 6.45) is 5.32. The number of benzene rings is 1. The average Bonchev–Trinajstić information content (AvgIpc) is 2.93. The van der Waals surface area contributed by atoms with Gasteiger partial charge in [-0.05, 0) is 56.0 Å². The largest absolute Gasteiger partial charge is 0.454 e. The monoisotopic (exact) mass is 659 g/mol. The Balaban J connectivity index is -0.000000621. The molecule has 1 heterocycles. The minimum atomic E-state index is -3.30. The molecular weight excluding hydrogens is 614 g/mol. The van der Waals surface area contributed by atoms with E-state index in [-0.39, 0.29) is 18.6 Å². The van der Waals surface area contributed by atoms with Crippen LogP contribution in [0.15, 0.2) is 60.8 Å². The van der Waals surface area contributed by atoms with E-state index in [1.54, 1.807) is 26.0 Å². The molecule has 1 atom stereocenters. The zero-order valence-electron chi connectivity index (χ0n) is 26.9. The number of amides is 3. The van der Waals surface area contributed by atoms with E-state index < -0.39 is 36.1 Å². The number of aromatic nitrogens is 1. The van der Waals surface area contributed by atoms with Gasteiger partial charge in [-0.3, -0.25) is 9.78 Å². The van der Waals surface area contributed by atoms with Crippen molar-refractivity contribution < 1.29 is 31.9 Å². The smallest absolute Gasteiger partial charge is 0.312 e. The lowest BCUT2D eigenvalue weighted by atomic mass is 10.0. The lowest BCUT2D eigenvalue weighted by Gasteiger charge is -2.22. The van der Waals surface area contributed by atoms with Gasteiger partial charge in [0.05, 0.1) is 5.02 Å². The van der Waals surface area contributed by atoms with Crippen LogP contribution in [0.25, 0.3) is 0 Å². The van der Waals surface area contributed by atoms with Gasteiger partial charge in [-0.25, -0.2) is 23.2 Å². The Morgan fingerprint density at radius 2 is 1.71 bits per heavy atom. The van der Waals surface area contributed by atoms with Crippen LogP contribution in [0.5, 0.6) is 5.75 Å². The second-order valence-corrected chi connectivity index (χ2v) is 10.2. The fourth-order valence-electron chi connectivity index (χ4n) is 3.01. The van der Waals surface area contributed by atoms with Gasteiger partial charge in [-0.15, -0.1) is 0 Å². The van der Waals surface area contributed by atoms with Crippen molar-refractivity contribution in [3.05, 3.63) is 82.9 Å².